The van der Waals surface area contributed by atoms with Gasteiger partial charge in [-0.05, 0) is 6.07 Å². The minimum absolute atomic E-state index is 0.00620. The van der Waals surface area contributed by atoms with Crippen LogP contribution >= 0.6 is 0 Å². The molecule has 0 saturated heterocycles. The van der Waals surface area contributed by atoms with Gasteiger partial charge in [0, 0.05) is 32.3 Å². The highest BCUT2D eigenvalue weighted by Gasteiger charge is 2.17. The van der Waals surface area contributed by atoms with Crippen molar-refractivity contribution in [3.05, 3.63) is 33.9 Å². The summed E-state index contributed by atoms with van der Waals surface area (Å²) in [4.78, 5) is 22.5. The Labute approximate surface area is 87.5 Å². The van der Waals surface area contributed by atoms with Gasteiger partial charge in [0.25, 0.3) is 5.69 Å². The number of hydrogen-bond donors (Lipinski definition) is 0. The summed E-state index contributed by atoms with van der Waals surface area (Å²) in [5.74, 6) is 0. The number of nitrogens with zero attached hydrogens (tertiary/aromatic N) is 2. The molecule has 0 amide bonds. The maximum absolute atomic E-state index is 10.7. The Morgan fingerprint density at radius 3 is 2.60 bits per heavy atom. The van der Waals surface area contributed by atoms with E-state index >= 15 is 0 Å². The quantitative estimate of drug-likeness (QED) is 0.426. The highest BCUT2D eigenvalue weighted by Crippen LogP contribution is 2.27. The van der Waals surface area contributed by atoms with Crippen molar-refractivity contribution in [1.82, 2.24) is 0 Å². The highest BCUT2D eigenvalue weighted by molar-refractivity contribution is 5.69. The number of nitro groups is 1. The molecule has 5 heteroatoms. The molecule has 0 radical (unpaired) electrons. The summed E-state index contributed by atoms with van der Waals surface area (Å²) < 4.78 is 0. The number of benzene rings is 1. The summed E-state index contributed by atoms with van der Waals surface area (Å²) in [5.41, 5.74) is 1.16. The molecule has 1 aromatic rings. The van der Waals surface area contributed by atoms with Crippen LogP contribution in [0.1, 0.15) is 5.56 Å². The van der Waals surface area contributed by atoms with Gasteiger partial charge in [0.05, 0.1) is 10.5 Å². The third-order valence-electron chi connectivity index (χ3n) is 2.09. The van der Waals surface area contributed by atoms with E-state index in [0.717, 1.165) is 0 Å². The van der Waals surface area contributed by atoms with Crippen LogP contribution in [0.4, 0.5) is 11.4 Å². The molecule has 0 atom stereocenters. The van der Waals surface area contributed by atoms with E-state index in [9.17, 15) is 14.9 Å². The summed E-state index contributed by atoms with van der Waals surface area (Å²) in [6, 6.07) is 4.78. The van der Waals surface area contributed by atoms with Crippen LogP contribution in [0.25, 0.3) is 0 Å². The Hall–Kier alpha value is -1.91. The first-order valence-corrected chi connectivity index (χ1v) is 4.45. The molecule has 0 N–H and O–H groups in total. The molecule has 0 aromatic heterocycles. The molecule has 1 rings (SSSR count). The van der Waals surface area contributed by atoms with E-state index in [1.54, 1.807) is 31.1 Å². The van der Waals surface area contributed by atoms with E-state index in [-0.39, 0.29) is 12.1 Å². The first-order valence-electron chi connectivity index (χ1n) is 4.45. The Morgan fingerprint density at radius 2 is 2.13 bits per heavy atom. The Bertz CT molecular complexity index is 388. The number of aldehydes is 1. The van der Waals surface area contributed by atoms with Gasteiger partial charge >= 0.3 is 0 Å². The molecular weight excluding hydrogens is 196 g/mol. The molecular formula is C10H12N2O3. The smallest absolute Gasteiger partial charge is 0.275 e. The first-order chi connectivity index (χ1) is 7.07. The molecule has 0 saturated carbocycles. The van der Waals surface area contributed by atoms with Crippen molar-refractivity contribution >= 4 is 17.7 Å². The number of anilines is 1. The van der Waals surface area contributed by atoms with Crippen molar-refractivity contribution in [2.45, 2.75) is 6.42 Å². The molecule has 15 heavy (non-hydrogen) atoms. The van der Waals surface area contributed by atoms with Crippen molar-refractivity contribution in [2.24, 2.45) is 0 Å². The molecule has 0 unspecified atom stereocenters. The average molecular weight is 208 g/mol. The molecule has 0 spiro atoms. The SMILES string of the molecule is CN(C)c1cccc([N+](=O)[O-])c1CC=O. The standard InChI is InChI=1S/C10H12N2O3/c1-11(2)9-4-3-5-10(12(14)15)8(9)6-7-13/h3-5,7H,6H2,1-2H3. The number of carbonyl (C=O) groups is 1. The van der Waals surface area contributed by atoms with Crippen LogP contribution in [0.15, 0.2) is 18.2 Å². The summed E-state index contributed by atoms with van der Waals surface area (Å²) in [5, 5.41) is 10.7. The minimum atomic E-state index is -0.466. The van der Waals surface area contributed by atoms with E-state index in [0.29, 0.717) is 17.5 Å². The summed E-state index contributed by atoms with van der Waals surface area (Å²) >= 11 is 0. The lowest BCUT2D eigenvalue weighted by molar-refractivity contribution is -0.385. The second-order valence-corrected chi connectivity index (χ2v) is 3.30. The van der Waals surface area contributed by atoms with Crippen LogP contribution in [0, 0.1) is 10.1 Å². The molecule has 0 aliphatic heterocycles. The fraction of sp³-hybridized carbons (Fsp3) is 0.300. The minimum Gasteiger partial charge on any atom is -0.377 e. The molecule has 0 aliphatic rings. The molecule has 0 heterocycles. The van der Waals surface area contributed by atoms with Gasteiger partial charge < -0.3 is 9.69 Å². The van der Waals surface area contributed by atoms with Gasteiger partial charge in [-0.25, -0.2) is 0 Å². The van der Waals surface area contributed by atoms with Gasteiger partial charge in [0.2, 0.25) is 0 Å². The number of carbonyl (C=O) groups excluding carboxylic acids is 1. The van der Waals surface area contributed by atoms with Gasteiger partial charge in [-0.1, -0.05) is 6.07 Å². The molecule has 0 fully saturated rings. The molecule has 80 valence electrons. The van der Waals surface area contributed by atoms with Crippen molar-refractivity contribution in [1.29, 1.82) is 0 Å². The number of hydrogen-bond acceptors (Lipinski definition) is 4. The van der Waals surface area contributed by atoms with Crippen molar-refractivity contribution < 1.29 is 9.72 Å². The van der Waals surface area contributed by atoms with Gasteiger partial charge in [0.1, 0.15) is 6.29 Å². The summed E-state index contributed by atoms with van der Waals surface area (Å²) in [6.07, 6.45) is 0.736. The fourth-order valence-electron chi connectivity index (χ4n) is 1.45. The maximum Gasteiger partial charge on any atom is 0.275 e. The van der Waals surface area contributed by atoms with Crippen LogP contribution in [0.5, 0.6) is 0 Å². The largest absolute Gasteiger partial charge is 0.377 e. The third kappa shape index (κ3) is 2.31. The predicted molar refractivity (Wildman–Crippen MR) is 57.2 cm³/mol. The monoisotopic (exact) mass is 208 g/mol. The lowest BCUT2D eigenvalue weighted by Crippen LogP contribution is -2.12. The molecule has 0 bridgehead atoms. The van der Waals surface area contributed by atoms with Crippen molar-refractivity contribution in [3.63, 3.8) is 0 Å². The normalized spacial score (nSPS) is 9.73. The molecule has 1 aromatic carbocycles. The summed E-state index contributed by atoms with van der Waals surface area (Å²) in [6.45, 7) is 0. The van der Waals surface area contributed by atoms with E-state index in [4.69, 9.17) is 0 Å². The van der Waals surface area contributed by atoms with Crippen LogP contribution in [0.3, 0.4) is 0 Å². The van der Waals surface area contributed by atoms with Crippen LogP contribution in [-0.4, -0.2) is 25.3 Å². The zero-order valence-corrected chi connectivity index (χ0v) is 8.64. The highest BCUT2D eigenvalue weighted by atomic mass is 16.6. The van der Waals surface area contributed by atoms with Crippen LogP contribution in [0.2, 0.25) is 0 Å². The number of nitro benzene ring substituents is 1. The summed E-state index contributed by atoms with van der Waals surface area (Å²) in [7, 11) is 3.57. The Balaban J connectivity index is 3.33. The van der Waals surface area contributed by atoms with Gasteiger partial charge in [-0.15, -0.1) is 0 Å². The lowest BCUT2D eigenvalue weighted by Gasteiger charge is -2.15. The third-order valence-corrected chi connectivity index (χ3v) is 2.09. The van der Waals surface area contributed by atoms with Crippen LogP contribution < -0.4 is 4.90 Å². The maximum atomic E-state index is 10.7. The van der Waals surface area contributed by atoms with Gasteiger partial charge in [-0.3, -0.25) is 10.1 Å². The van der Waals surface area contributed by atoms with E-state index < -0.39 is 4.92 Å². The molecule has 5 nitrogen and oxygen atoms in total. The van der Waals surface area contributed by atoms with E-state index in [1.807, 2.05) is 0 Å². The Morgan fingerprint density at radius 1 is 1.47 bits per heavy atom. The van der Waals surface area contributed by atoms with Gasteiger partial charge in [-0.2, -0.15) is 0 Å². The number of rotatable bonds is 4. The zero-order valence-electron chi connectivity index (χ0n) is 8.64. The first kappa shape index (κ1) is 11.2. The average Bonchev–Trinajstić information content (AvgIpc) is 2.17. The van der Waals surface area contributed by atoms with Gasteiger partial charge in [0.15, 0.2) is 0 Å². The topological polar surface area (TPSA) is 63.4 Å². The van der Waals surface area contributed by atoms with E-state index in [1.165, 1.54) is 6.07 Å². The lowest BCUT2D eigenvalue weighted by atomic mass is 10.1. The predicted octanol–water partition coefficient (Wildman–Crippen LogP) is 1.40. The molecule has 0 aliphatic carbocycles. The van der Waals surface area contributed by atoms with Crippen molar-refractivity contribution in [2.75, 3.05) is 19.0 Å². The fourth-order valence-corrected chi connectivity index (χ4v) is 1.45. The Kier molecular flexibility index (Phi) is 3.38. The van der Waals surface area contributed by atoms with E-state index in [2.05, 4.69) is 0 Å². The second kappa shape index (κ2) is 4.54. The van der Waals surface area contributed by atoms with Crippen LogP contribution in [-0.2, 0) is 11.2 Å². The second-order valence-electron chi connectivity index (χ2n) is 3.30. The van der Waals surface area contributed by atoms with Crippen molar-refractivity contribution in [3.8, 4) is 0 Å². The zero-order chi connectivity index (χ0) is 11.4.